The molecule has 0 N–H and O–H groups in total. The highest BCUT2D eigenvalue weighted by Gasteiger charge is 2.11. The van der Waals surface area contributed by atoms with Gasteiger partial charge in [0.15, 0.2) is 5.78 Å². The van der Waals surface area contributed by atoms with Crippen molar-refractivity contribution < 1.29 is 4.79 Å². The third-order valence-electron chi connectivity index (χ3n) is 2.70. The van der Waals surface area contributed by atoms with Crippen LogP contribution in [0.1, 0.15) is 9.67 Å². The van der Waals surface area contributed by atoms with Crippen molar-refractivity contribution in [1.82, 2.24) is 14.2 Å². The van der Waals surface area contributed by atoms with Crippen molar-refractivity contribution in [3.8, 4) is 0 Å². The summed E-state index contributed by atoms with van der Waals surface area (Å²) in [5.41, 5.74) is 0.204. The number of rotatable bonds is 3. The summed E-state index contributed by atoms with van der Waals surface area (Å²) < 4.78 is 3.40. The van der Waals surface area contributed by atoms with Gasteiger partial charge in [-0.05, 0) is 18.2 Å². The average molecular weight is 294 g/mol. The molecule has 3 aromatic heterocycles. The molecule has 0 aliphatic rings. The molecular formula is C12H8ClN3O2S. The highest BCUT2D eigenvalue weighted by atomic mass is 35.5. The number of aromatic nitrogens is 3. The second-order valence-electron chi connectivity index (χ2n) is 3.92. The van der Waals surface area contributed by atoms with Crippen molar-refractivity contribution in [2.45, 2.75) is 6.54 Å². The van der Waals surface area contributed by atoms with Crippen LogP contribution < -0.4 is 5.56 Å². The van der Waals surface area contributed by atoms with Crippen molar-refractivity contribution in [1.29, 1.82) is 0 Å². The number of halogens is 1. The Morgan fingerprint density at radius 3 is 2.89 bits per heavy atom. The molecule has 3 aromatic rings. The zero-order valence-corrected chi connectivity index (χ0v) is 11.2. The van der Waals surface area contributed by atoms with E-state index >= 15 is 0 Å². The molecule has 7 heteroatoms. The molecule has 3 rings (SSSR count). The molecule has 3 heterocycles. The van der Waals surface area contributed by atoms with Crippen molar-refractivity contribution in [3.63, 3.8) is 0 Å². The highest BCUT2D eigenvalue weighted by Crippen LogP contribution is 2.21. The summed E-state index contributed by atoms with van der Waals surface area (Å²) in [6, 6.07) is 4.95. The van der Waals surface area contributed by atoms with E-state index in [1.807, 2.05) is 0 Å². The van der Waals surface area contributed by atoms with Crippen molar-refractivity contribution in [2.75, 3.05) is 0 Å². The van der Waals surface area contributed by atoms with E-state index in [1.54, 1.807) is 36.8 Å². The van der Waals surface area contributed by atoms with Gasteiger partial charge in [0.25, 0.3) is 5.56 Å². The summed E-state index contributed by atoms with van der Waals surface area (Å²) in [7, 11) is 0. The minimum absolute atomic E-state index is 0.00262. The number of hydrogen-bond donors (Lipinski definition) is 0. The van der Waals surface area contributed by atoms with Gasteiger partial charge < -0.3 is 4.57 Å². The molecule has 0 amide bonds. The van der Waals surface area contributed by atoms with Gasteiger partial charge in [-0.1, -0.05) is 11.6 Å². The largest absolute Gasteiger partial charge is 0.304 e. The molecule has 0 atom stereocenters. The molecule has 96 valence electrons. The SMILES string of the molecule is O=C(Cn1ccn2nccc2c1=O)c1ccc(Cl)s1. The Hall–Kier alpha value is -1.92. The van der Waals surface area contributed by atoms with Crippen molar-refractivity contribution >= 4 is 34.2 Å². The number of Topliss-reactive ketones (excluding diaryl/α,β-unsaturated/α-hetero) is 1. The number of ketones is 1. The summed E-state index contributed by atoms with van der Waals surface area (Å²) >= 11 is 7.00. The number of nitrogens with zero attached hydrogens (tertiary/aromatic N) is 3. The lowest BCUT2D eigenvalue weighted by atomic mass is 10.3. The molecule has 0 unspecified atom stereocenters. The van der Waals surface area contributed by atoms with E-state index in [2.05, 4.69) is 5.10 Å². The van der Waals surface area contributed by atoms with Crippen LogP contribution in [0.4, 0.5) is 0 Å². The maximum absolute atomic E-state index is 12.1. The number of carbonyl (C=O) groups excluding carboxylic acids is 1. The number of carbonyl (C=O) groups is 1. The maximum atomic E-state index is 12.1. The lowest BCUT2D eigenvalue weighted by Crippen LogP contribution is -2.24. The van der Waals surface area contributed by atoms with E-state index in [0.29, 0.717) is 14.7 Å². The summed E-state index contributed by atoms with van der Waals surface area (Å²) in [6.07, 6.45) is 4.74. The molecule has 0 spiro atoms. The van der Waals surface area contributed by atoms with E-state index in [-0.39, 0.29) is 17.9 Å². The first-order valence-electron chi connectivity index (χ1n) is 5.46. The Bertz CT molecular complexity index is 818. The van der Waals surface area contributed by atoms with Gasteiger partial charge in [-0.3, -0.25) is 9.59 Å². The third kappa shape index (κ3) is 2.20. The Morgan fingerprint density at radius 1 is 1.32 bits per heavy atom. The van der Waals surface area contributed by atoms with Gasteiger partial charge in [-0.15, -0.1) is 11.3 Å². The van der Waals surface area contributed by atoms with Gasteiger partial charge in [0.1, 0.15) is 5.52 Å². The third-order valence-corrected chi connectivity index (χ3v) is 3.97. The van der Waals surface area contributed by atoms with E-state index in [1.165, 1.54) is 20.4 Å². The monoisotopic (exact) mass is 293 g/mol. The van der Waals surface area contributed by atoms with Gasteiger partial charge in [0, 0.05) is 12.4 Å². The zero-order chi connectivity index (χ0) is 13.4. The fourth-order valence-corrected chi connectivity index (χ4v) is 2.76. The lowest BCUT2D eigenvalue weighted by molar-refractivity contribution is 0.0975. The Kier molecular flexibility index (Phi) is 2.96. The number of fused-ring (bicyclic) bond motifs is 1. The Balaban J connectivity index is 1.95. The smallest absolute Gasteiger partial charge is 0.276 e. The Morgan fingerprint density at radius 2 is 2.16 bits per heavy atom. The maximum Gasteiger partial charge on any atom is 0.276 e. The van der Waals surface area contributed by atoms with Crippen LogP contribution in [0.5, 0.6) is 0 Å². The van der Waals surface area contributed by atoms with Gasteiger partial charge in [-0.2, -0.15) is 5.10 Å². The first-order chi connectivity index (χ1) is 9.15. The van der Waals surface area contributed by atoms with Crippen molar-refractivity contribution in [3.05, 3.63) is 56.4 Å². The zero-order valence-electron chi connectivity index (χ0n) is 9.62. The van der Waals surface area contributed by atoms with Crippen LogP contribution in [0.15, 0.2) is 41.6 Å². The molecule has 19 heavy (non-hydrogen) atoms. The van der Waals surface area contributed by atoms with E-state index in [4.69, 9.17) is 11.6 Å². The van der Waals surface area contributed by atoms with Gasteiger partial charge in [0.2, 0.25) is 0 Å². The van der Waals surface area contributed by atoms with Crippen LogP contribution in [0, 0.1) is 0 Å². The summed E-state index contributed by atoms with van der Waals surface area (Å²) in [6.45, 7) is -0.00262. The van der Waals surface area contributed by atoms with Gasteiger partial charge >= 0.3 is 0 Å². The topological polar surface area (TPSA) is 56.4 Å². The van der Waals surface area contributed by atoms with E-state index < -0.39 is 0 Å². The van der Waals surface area contributed by atoms with Gasteiger partial charge in [-0.25, -0.2) is 4.52 Å². The predicted octanol–water partition coefficient (Wildman–Crippen LogP) is 2.09. The number of hydrogen-bond acceptors (Lipinski definition) is 4. The minimum atomic E-state index is -0.240. The first kappa shape index (κ1) is 12.1. The molecule has 0 saturated heterocycles. The standard InChI is InChI=1S/C12H8ClN3O2S/c13-11-2-1-10(19-11)9(17)7-15-5-6-16-8(12(15)18)3-4-14-16/h1-6H,7H2. The summed E-state index contributed by atoms with van der Waals surface area (Å²) in [5, 5.41) is 3.96. The molecule has 0 radical (unpaired) electrons. The van der Waals surface area contributed by atoms with E-state index in [0.717, 1.165) is 0 Å². The van der Waals surface area contributed by atoms with Crippen LogP contribution in [0.2, 0.25) is 4.34 Å². The van der Waals surface area contributed by atoms with Crippen LogP contribution in [-0.2, 0) is 6.54 Å². The van der Waals surface area contributed by atoms with Crippen LogP contribution >= 0.6 is 22.9 Å². The fraction of sp³-hybridized carbons (Fsp3) is 0.0833. The predicted molar refractivity (Wildman–Crippen MR) is 73.1 cm³/mol. The first-order valence-corrected chi connectivity index (χ1v) is 6.66. The molecular weight excluding hydrogens is 286 g/mol. The van der Waals surface area contributed by atoms with Crippen molar-refractivity contribution in [2.24, 2.45) is 0 Å². The molecule has 0 aliphatic heterocycles. The quantitative estimate of drug-likeness (QED) is 0.695. The second-order valence-corrected chi connectivity index (χ2v) is 5.63. The van der Waals surface area contributed by atoms with Crippen LogP contribution in [0.3, 0.4) is 0 Å². The van der Waals surface area contributed by atoms with Crippen LogP contribution in [0.25, 0.3) is 5.52 Å². The lowest BCUT2D eigenvalue weighted by Gasteiger charge is -2.04. The Labute approximate surface area is 116 Å². The fourth-order valence-electron chi connectivity index (χ4n) is 1.78. The van der Waals surface area contributed by atoms with Crippen LogP contribution in [-0.4, -0.2) is 20.0 Å². The highest BCUT2D eigenvalue weighted by molar-refractivity contribution is 7.18. The summed E-state index contributed by atoms with van der Waals surface area (Å²) in [5.74, 6) is -0.136. The number of thiophene rings is 1. The average Bonchev–Trinajstić information content (AvgIpc) is 3.01. The summed E-state index contributed by atoms with van der Waals surface area (Å²) in [4.78, 5) is 24.7. The minimum Gasteiger partial charge on any atom is -0.304 e. The molecule has 0 aliphatic carbocycles. The second kappa shape index (κ2) is 4.64. The van der Waals surface area contributed by atoms with E-state index in [9.17, 15) is 9.59 Å². The molecule has 5 nitrogen and oxygen atoms in total. The normalized spacial score (nSPS) is 11.0. The molecule has 0 saturated carbocycles. The molecule has 0 bridgehead atoms. The van der Waals surface area contributed by atoms with Gasteiger partial charge in [0.05, 0.1) is 22.0 Å². The molecule has 0 aromatic carbocycles. The molecule has 0 fully saturated rings.